The number of amides is 1. The van der Waals surface area contributed by atoms with Gasteiger partial charge in [0.2, 0.25) is 11.9 Å². The lowest BCUT2D eigenvalue weighted by molar-refractivity contribution is -0.128. The van der Waals surface area contributed by atoms with Crippen molar-refractivity contribution in [2.45, 2.75) is 44.7 Å². The van der Waals surface area contributed by atoms with Gasteiger partial charge in [-0.25, -0.2) is 4.98 Å². The van der Waals surface area contributed by atoms with E-state index < -0.39 is 0 Å². The summed E-state index contributed by atoms with van der Waals surface area (Å²) in [4.78, 5) is 18.7. The van der Waals surface area contributed by atoms with Crippen LogP contribution in [0.5, 0.6) is 0 Å². The van der Waals surface area contributed by atoms with Crippen LogP contribution < -0.4 is 16.0 Å². The molecule has 1 saturated carbocycles. The lowest BCUT2D eigenvalue weighted by Gasteiger charge is -2.37. The van der Waals surface area contributed by atoms with Gasteiger partial charge < -0.3 is 20.5 Å². The van der Waals surface area contributed by atoms with Crippen LogP contribution in [-0.4, -0.2) is 35.1 Å². The Labute approximate surface area is 126 Å². The van der Waals surface area contributed by atoms with Crippen molar-refractivity contribution < 1.29 is 4.79 Å². The lowest BCUT2D eigenvalue weighted by Crippen LogP contribution is -2.52. The van der Waals surface area contributed by atoms with E-state index in [1.165, 1.54) is 0 Å². The highest BCUT2D eigenvalue weighted by Gasteiger charge is 2.37. The van der Waals surface area contributed by atoms with Crippen LogP contribution in [0.1, 0.15) is 38.3 Å². The molecule has 1 amide bonds. The number of aromatic nitrogens is 2. The van der Waals surface area contributed by atoms with E-state index in [9.17, 15) is 4.79 Å². The highest BCUT2D eigenvalue weighted by Crippen LogP contribution is 2.31. The van der Waals surface area contributed by atoms with Crippen molar-refractivity contribution >= 4 is 11.9 Å². The molecule has 6 nitrogen and oxygen atoms in total. The molecule has 1 aliphatic carbocycles. The molecule has 0 saturated heterocycles. The van der Waals surface area contributed by atoms with Gasteiger partial charge in [0.15, 0.2) is 0 Å². The average molecular weight is 293 g/mol. The number of nitrogens with zero attached hydrogens (tertiary/aromatic N) is 3. The fourth-order valence-electron chi connectivity index (χ4n) is 3.10. The number of nitrogens with two attached hydrogens (primary N) is 1. The number of anilines is 1. The van der Waals surface area contributed by atoms with Crippen molar-refractivity contribution in [2.75, 3.05) is 19.0 Å². The van der Waals surface area contributed by atoms with Gasteiger partial charge in [-0.3, -0.25) is 4.79 Å². The summed E-state index contributed by atoms with van der Waals surface area (Å²) in [5, 5.41) is 3.02. The first-order valence-corrected chi connectivity index (χ1v) is 7.57. The number of rotatable bonds is 4. The second kappa shape index (κ2) is 6.05. The predicted molar refractivity (Wildman–Crippen MR) is 83.9 cm³/mol. The van der Waals surface area contributed by atoms with Gasteiger partial charge in [0.25, 0.3) is 0 Å². The van der Waals surface area contributed by atoms with Gasteiger partial charge in [-0.05, 0) is 19.8 Å². The molecule has 0 bridgehead atoms. The van der Waals surface area contributed by atoms with Gasteiger partial charge in [0.1, 0.15) is 0 Å². The summed E-state index contributed by atoms with van der Waals surface area (Å²) >= 11 is 0. The fraction of sp³-hybridized carbons (Fsp3) is 0.733. The van der Waals surface area contributed by atoms with E-state index in [0.29, 0.717) is 6.54 Å². The number of hydrogen-bond donors (Lipinski definition) is 2. The summed E-state index contributed by atoms with van der Waals surface area (Å²) in [6.07, 6.45) is 5.80. The van der Waals surface area contributed by atoms with E-state index in [1.807, 2.05) is 37.5 Å². The fourth-order valence-corrected chi connectivity index (χ4v) is 3.10. The van der Waals surface area contributed by atoms with Crippen LogP contribution in [0, 0.1) is 5.92 Å². The molecule has 2 atom stereocenters. The maximum absolute atomic E-state index is 12.4. The summed E-state index contributed by atoms with van der Waals surface area (Å²) in [6, 6.07) is 0. The molecule has 21 heavy (non-hydrogen) atoms. The highest BCUT2D eigenvalue weighted by atomic mass is 16.1. The van der Waals surface area contributed by atoms with E-state index in [1.54, 1.807) is 6.20 Å². The second-order valence-corrected chi connectivity index (χ2v) is 6.52. The van der Waals surface area contributed by atoms with Crippen LogP contribution >= 0.6 is 0 Å². The third-order valence-corrected chi connectivity index (χ3v) is 4.47. The van der Waals surface area contributed by atoms with Crippen molar-refractivity contribution in [3.63, 3.8) is 0 Å². The van der Waals surface area contributed by atoms with Gasteiger partial charge >= 0.3 is 0 Å². The van der Waals surface area contributed by atoms with E-state index in [-0.39, 0.29) is 17.4 Å². The zero-order chi connectivity index (χ0) is 15.6. The van der Waals surface area contributed by atoms with Gasteiger partial charge in [0, 0.05) is 26.7 Å². The number of hydrogen-bond acceptors (Lipinski definition) is 4. The number of nitrogens with one attached hydrogen (secondary N) is 1. The van der Waals surface area contributed by atoms with Crippen LogP contribution in [0.2, 0.25) is 0 Å². The molecule has 1 aliphatic rings. The molecule has 1 aromatic heterocycles. The third kappa shape index (κ3) is 3.37. The van der Waals surface area contributed by atoms with Crippen LogP contribution in [0.4, 0.5) is 5.95 Å². The summed E-state index contributed by atoms with van der Waals surface area (Å²) < 4.78 is 1.99. The molecule has 1 aromatic rings. The monoisotopic (exact) mass is 293 g/mol. The largest absolute Gasteiger partial charge is 0.350 e. The third-order valence-electron chi connectivity index (χ3n) is 4.47. The molecule has 3 N–H and O–H groups in total. The molecule has 0 aromatic carbocycles. The van der Waals surface area contributed by atoms with Crippen molar-refractivity contribution in [3.05, 3.63) is 11.9 Å². The Kier molecular flexibility index (Phi) is 4.56. The summed E-state index contributed by atoms with van der Waals surface area (Å²) in [5.74, 6) is 0.848. The molecule has 2 unspecified atom stereocenters. The van der Waals surface area contributed by atoms with E-state index in [2.05, 4.69) is 10.3 Å². The average Bonchev–Trinajstić information content (AvgIpc) is 2.77. The molecule has 2 rings (SSSR count). The van der Waals surface area contributed by atoms with Crippen LogP contribution in [0.3, 0.4) is 0 Å². The smallest absolute Gasteiger partial charge is 0.225 e. The summed E-state index contributed by atoms with van der Waals surface area (Å²) in [7, 11) is 5.86. The molecular weight excluding hydrogens is 266 g/mol. The molecule has 1 heterocycles. The minimum absolute atomic E-state index is 0.0623. The Morgan fingerprint density at radius 2 is 2.29 bits per heavy atom. The first-order valence-electron chi connectivity index (χ1n) is 7.57. The summed E-state index contributed by atoms with van der Waals surface area (Å²) in [5.41, 5.74) is 6.88. The van der Waals surface area contributed by atoms with Crippen molar-refractivity contribution in [2.24, 2.45) is 18.7 Å². The zero-order valence-corrected chi connectivity index (χ0v) is 13.5. The SMILES string of the molecule is CN(C)c1ncc(CNC(=O)C2CCCCC2(C)N)n1C. The Hall–Kier alpha value is -1.56. The highest BCUT2D eigenvalue weighted by molar-refractivity contribution is 5.80. The predicted octanol–water partition coefficient (Wildman–Crippen LogP) is 1.01. The minimum Gasteiger partial charge on any atom is -0.350 e. The first-order chi connectivity index (χ1) is 9.83. The topological polar surface area (TPSA) is 76.2 Å². The second-order valence-electron chi connectivity index (χ2n) is 6.52. The standard InChI is InChI=1S/C15H27N5O/c1-15(16)8-6-5-7-12(15)13(21)17-9-11-10-18-14(19(2)3)20(11)4/h10,12H,5-9,16H2,1-4H3,(H,17,21). The number of carbonyl (C=O) groups excluding carboxylic acids is 1. The number of imidazole rings is 1. The van der Waals surface area contributed by atoms with Gasteiger partial charge in [-0.2, -0.15) is 0 Å². The van der Waals surface area contributed by atoms with E-state index in [0.717, 1.165) is 37.3 Å². The molecule has 1 fully saturated rings. The van der Waals surface area contributed by atoms with Gasteiger partial charge in [-0.1, -0.05) is 12.8 Å². The number of carbonyl (C=O) groups is 1. The summed E-state index contributed by atoms with van der Waals surface area (Å²) in [6.45, 7) is 2.48. The molecule has 6 heteroatoms. The van der Waals surface area contributed by atoms with Crippen molar-refractivity contribution in [1.29, 1.82) is 0 Å². The van der Waals surface area contributed by atoms with Crippen molar-refractivity contribution in [3.8, 4) is 0 Å². The van der Waals surface area contributed by atoms with Crippen molar-refractivity contribution in [1.82, 2.24) is 14.9 Å². The zero-order valence-electron chi connectivity index (χ0n) is 13.5. The van der Waals surface area contributed by atoms with Crippen LogP contribution in [0.25, 0.3) is 0 Å². The Bertz CT molecular complexity index is 506. The normalized spacial score (nSPS) is 25.7. The lowest BCUT2D eigenvalue weighted by atomic mass is 9.74. The van der Waals surface area contributed by atoms with Crippen LogP contribution in [-0.2, 0) is 18.4 Å². The Balaban J connectivity index is 1.98. The van der Waals surface area contributed by atoms with Gasteiger partial charge in [0.05, 0.1) is 24.4 Å². The maximum atomic E-state index is 12.4. The Morgan fingerprint density at radius 3 is 2.86 bits per heavy atom. The Morgan fingerprint density at radius 1 is 1.57 bits per heavy atom. The van der Waals surface area contributed by atoms with Gasteiger partial charge in [-0.15, -0.1) is 0 Å². The molecule has 0 aliphatic heterocycles. The molecule has 0 spiro atoms. The molecule has 118 valence electrons. The first kappa shape index (κ1) is 15.8. The van der Waals surface area contributed by atoms with Crippen LogP contribution in [0.15, 0.2) is 6.20 Å². The minimum atomic E-state index is -0.385. The maximum Gasteiger partial charge on any atom is 0.225 e. The van der Waals surface area contributed by atoms with E-state index >= 15 is 0 Å². The quantitative estimate of drug-likeness (QED) is 0.868. The molecule has 0 radical (unpaired) electrons. The van der Waals surface area contributed by atoms with E-state index in [4.69, 9.17) is 5.73 Å². The molecular formula is C15H27N5O.